The molecule has 0 amide bonds. The first-order valence-corrected chi connectivity index (χ1v) is 6.99. The van der Waals surface area contributed by atoms with Crippen LogP contribution in [0.25, 0.3) is 21.5 Å². The zero-order valence-electron chi connectivity index (χ0n) is 11.3. The lowest BCUT2D eigenvalue weighted by Crippen LogP contribution is -1.96. The second-order valence-corrected chi connectivity index (χ2v) is 5.04. The maximum Gasteiger partial charge on any atom is 0.0471 e. The second kappa shape index (κ2) is 5.61. The Morgan fingerprint density at radius 1 is 0.700 bits per heavy atom. The minimum Gasteiger partial charge on any atom is -0.396 e. The highest BCUT2D eigenvalue weighted by atomic mass is 16.3. The summed E-state index contributed by atoms with van der Waals surface area (Å²) in [7, 11) is 0. The van der Waals surface area contributed by atoms with Gasteiger partial charge in [-0.3, -0.25) is 0 Å². The van der Waals surface area contributed by atoms with Crippen LogP contribution in [0.4, 0.5) is 0 Å². The molecule has 0 aliphatic rings. The van der Waals surface area contributed by atoms with E-state index < -0.39 is 0 Å². The molecule has 0 heterocycles. The molecular formula is C18H18O2. The van der Waals surface area contributed by atoms with Crippen LogP contribution >= 0.6 is 0 Å². The average Bonchev–Trinajstić information content (AvgIpc) is 2.48. The highest BCUT2D eigenvalue weighted by Crippen LogP contribution is 2.31. The van der Waals surface area contributed by atoms with Crippen LogP contribution in [-0.2, 0) is 12.8 Å². The molecule has 0 spiro atoms. The molecule has 0 bridgehead atoms. The van der Waals surface area contributed by atoms with Crippen LogP contribution in [0.5, 0.6) is 0 Å². The standard InChI is InChI=1S/C18H18O2/c19-10-8-13-4-3-5-15-12-14(9-11-20)16-6-1-2-7-17(16)18(13)15/h1-7,12,19-20H,8-11H2. The summed E-state index contributed by atoms with van der Waals surface area (Å²) >= 11 is 0. The molecule has 20 heavy (non-hydrogen) atoms. The fourth-order valence-corrected chi connectivity index (χ4v) is 2.97. The van der Waals surface area contributed by atoms with Gasteiger partial charge in [0.15, 0.2) is 0 Å². The van der Waals surface area contributed by atoms with E-state index in [0.717, 1.165) is 0 Å². The third-order valence-electron chi connectivity index (χ3n) is 3.82. The Hall–Kier alpha value is -1.90. The van der Waals surface area contributed by atoms with E-state index >= 15 is 0 Å². The SMILES string of the molecule is OCCc1cc2cccc(CCO)c2c2ccccc12. The van der Waals surface area contributed by atoms with Gasteiger partial charge in [0.2, 0.25) is 0 Å². The summed E-state index contributed by atoms with van der Waals surface area (Å²) < 4.78 is 0. The molecule has 0 atom stereocenters. The topological polar surface area (TPSA) is 40.5 Å². The lowest BCUT2D eigenvalue weighted by atomic mass is 9.92. The summed E-state index contributed by atoms with van der Waals surface area (Å²) in [5.41, 5.74) is 2.36. The molecule has 0 aliphatic carbocycles. The van der Waals surface area contributed by atoms with E-state index in [1.54, 1.807) is 0 Å². The number of rotatable bonds is 4. The van der Waals surface area contributed by atoms with Gasteiger partial charge in [0, 0.05) is 13.2 Å². The minimum absolute atomic E-state index is 0.159. The fraction of sp³-hybridized carbons (Fsp3) is 0.222. The second-order valence-electron chi connectivity index (χ2n) is 5.04. The van der Waals surface area contributed by atoms with Gasteiger partial charge in [-0.25, -0.2) is 0 Å². The molecule has 3 rings (SSSR count). The van der Waals surface area contributed by atoms with Crippen LogP contribution in [-0.4, -0.2) is 23.4 Å². The highest BCUT2D eigenvalue weighted by molar-refractivity contribution is 6.10. The van der Waals surface area contributed by atoms with Crippen LogP contribution < -0.4 is 0 Å². The molecule has 0 unspecified atom stereocenters. The van der Waals surface area contributed by atoms with E-state index in [-0.39, 0.29) is 13.2 Å². The molecule has 2 nitrogen and oxygen atoms in total. The zero-order valence-corrected chi connectivity index (χ0v) is 11.3. The predicted octanol–water partition coefficient (Wildman–Crippen LogP) is 3.06. The van der Waals surface area contributed by atoms with E-state index in [1.807, 2.05) is 18.2 Å². The van der Waals surface area contributed by atoms with Crippen molar-refractivity contribution >= 4 is 21.5 Å². The van der Waals surface area contributed by atoms with Gasteiger partial charge in [-0.05, 0) is 45.5 Å². The van der Waals surface area contributed by atoms with Gasteiger partial charge in [0.1, 0.15) is 0 Å². The average molecular weight is 266 g/mol. The summed E-state index contributed by atoms with van der Waals surface area (Å²) in [6.07, 6.45) is 1.33. The molecule has 0 aromatic heterocycles. The van der Waals surface area contributed by atoms with Crippen molar-refractivity contribution in [2.45, 2.75) is 12.8 Å². The van der Waals surface area contributed by atoms with Gasteiger partial charge < -0.3 is 10.2 Å². The molecule has 3 aromatic carbocycles. The highest BCUT2D eigenvalue weighted by Gasteiger charge is 2.09. The zero-order chi connectivity index (χ0) is 13.9. The Bertz CT molecular complexity index is 743. The summed E-state index contributed by atoms with van der Waals surface area (Å²) in [6, 6.07) is 16.7. The Labute approximate surface area is 118 Å². The normalized spacial score (nSPS) is 11.3. The lowest BCUT2D eigenvalue weighted by Gasteiger charge is -2.13. The van der Waals surface area contributed by atoms with Gasteiger partial charge >= 0.3 is 0 Å². The van der Waals surface area contributed by atoms with Crippen molar-refractivity contribution in [2.24, 2.45) is 0 Å². The molecule has 0 aliphatic heterocycles. The number of benzene rings is 3. The summed E-state index contributed by atoms with van der Waals surface area (Å²) in [5, 5.41) is 23.3. The Morgan fingerprint density at radius 3 is 2.15 bits per heavy atom. The van der Waals surface area contributed by atoms with Gasteiger partial charge in [-0.1, -0.05) is 48.5 Å². The van der Waals surface area contributed by atoms with Crippen LogP contribution in [0.2, 0.25) is 0 Å². The van der Waals surface area contributed by atoms with Gasteiger partial charge in [-0.2, -0.15) is 0 Å². The fourth-order valence-electron chi connectivity index (χ4n) is 2.97. The number of fused-ring (bicyclic) bond motifs is 3. The number of hydrogen-bond acceptors (Lipinski definition) is 2. The smallest absolute Gasteiger partial charge is 0.0471 e. The monoisotopic (exact) mass is 266 g/mol. The van der Waals surface area contributed by atoms with Gasteiger partial charge in [0.25, 0.3) is 0 Å². The quantitative estimate of drug-likeness (QED) is 0.712. The Balaban J connectivity index is 2.40. The van der Waals surface area contributed by atoms with E-state index in [1.165, 1.54) is 32.7 Å². The van der Waals surface area contributed by atoms with Crippen molar-refractivity contribution < 1.29 is 10.2 Å². The van der Waals surface area contributed by atoms with Crippen molar-refractivity contribution in [3.05, 3.63) is 59.7 Å². The van der Waals surface area contributed by atoms with E-state index in [9.17, 15) is 10.2 Å². The van der Waals surface area contributed by atoms with E-state index in [4.69, 9.17) is 0 Å². The van der Waals surface area contributed by atoms with Crippen molar-refractivity contribution in [3.63, 3.8) is 0 Å². The lowest BCUT2D eigenvalue weighted by molar-refractivity contribution is 0.300. The number of hydrogen-bond donors (Lipinski definition) is 2. The third-order valence-corrected chi connectivity index (χ3v) is 3.82. The van der Waals surface area contributed by atoms with Crippen molar-refractivity contribution in [2.75, 3.05) is 13.2 Å². The molecule has 0 fully saturated rings. The Kier molecular flexibility index (Phi) is 3.68. The Morgan fingerprint density at radius 2 is 1.40 bits per heavy atom. The molecule has 0 saturated heterocycles. The largest absolute Gasteiger partial charge is 0.396 e. The van der Waals surface area contributed by atoms with Crippen molar-refractivity contribution in [1.82, 2.24) is 0 Å². The van der Waals surface area contributed by atoms with Gasteiger partial charge in [0.05, 0.1) is 0 Å². The third kappa shape index (κ3) is 2.17. The summed E-state index contributed by atoms with van der Waals surface area (Å²) in [4.78, 5) is 0. The summed E-state index contributed by atoms with van der Waals surface area (Å²) in [5.74, 6) is 0. The van der Waals surface area contributed by atoms with Crippen LogP contribution in [0.1, 0.15) is 11.1 Å². The first-order valence-electron chi connectivity index (χ1n) is 6.99. The molecular weight excluding hydrogens is 248 g/mol. The maximum atomic E-state index is 9.26. The molecule has 0 radical (unpaired) electrons. The molecule has 2 heteroatoms. The van der Waals surface area contributed by atoms with Crippen LogP contribution in [0.15, 0.2) is 48.5 Å². The van der Waals surface area contributed by atoms with E-state index in [2.05, 4.69) is 30.3 Å². The maximum absolute atomic E-state index is 9.26. The molecule has 0 saturated carbocycles. The summed E-state index contributed by atoms with van der Waals surface area (Å²) in [6.45, 7) is 0.317. The number of aliphatic hydroxyl groups excluding tert-OH is 2. The van der Waals surface area contributed by atoms with E-state index in [0.29, 0.717) is 12.8 Å². The first kappa shape index (κ1) is 13.1. The van der Waals surface area contributed by atoms with Crippen molar-refractivity contribution in [1.29, 1.82) is 0 Å². The van der Waals surface area contributed by atoms with Crippen LogP contribution in [0.3, 0.4) is 0 Å². The van der Waals surface area contributed by atoms with Crippen molar-refractivity contribution in [3.8, 4) is 0 Å². The molecule has 102 valence electrons. The molecule has 3 aromatic rings. The van der Waals surface area contributed by atoms with Crippen LogP contribution in [0, 0.1) is 0 Å². The minimum atomic E-state index is 0.159. The predicted molar refractivity (Wildman–Crippen MR) is 83.0 cm³/mol. The first-order chi connectivity index (χ1) is 9.85. The molecule has 2 N–H and O–H groups in total. The van der Waals surface area contributed by atoms with Gasteiger partial charge in [-0.15, -0.1) is 0 Å². The number of aliphatic hydroxyl groups is 2.